The van der Waals surface area contributed by atoms with Gasteiger partial charge in [-0.3, -0.25) is 9.59 Å². The Balaban J connectivity index is 2.30. The number of hydrogen-bond acceptors (Lipinski definition) is 6. The number of hydrazone groups is 1. The van der Waals surface area contributed by atoms with Gasteiger partial charge in [-0.2, -0.15) is 0 Å². The first kappa shape index (κ1) is 18.5. The molecule has 0 saturated carbocycles. The zero-order chi connectivity index (χ0) is 18.1. The molecule has 2 rings (SSSR count). The Morgan fingerprint density at radius 3 is 2.33 bits per heavy atom. The van der Waals surface area contributed by atoms with E-state index < -0.39 is 20.6 Å². The normalized spacial score (nSPS) is 20.7. The molecule has 0 saturated heterocycles. The number of thioether (sulfide) groups is 1. The topological polar surface area (TPSA) is 95.9 Å². The van der Waals surface area contributed by atoms with E-state index in [1.807, 2.05) is 6.92 Å². The average Bonchev–Trinajstić information content (AvgIpc) is 2.74. The van der Waals surface area contributed by atoms with Crippen molar-refractivity contribution in [2.45, 2.75) is 37.5 Å². The minimum Gasteiger partial charge on any atom is -0.304 e. The van der Waals surface area contributed by atoms with Gasteiger partial charge in [0.1, 0.15) is 4.87 Å². The van der Waals surface area contributed by atoms with Crippen molar-refractivity contribution in [2.24, 2.45) is 5.10 Å². The van der Waals surface area contributed by atoms with Gasteiger partial charge in [0.2, 0.25) is 11.8 Å². The zero-order valence-electron chi connectivity index (χ0n) is 13.9. The second-order valence-corrected chi connectivity index (χ2v) is 9.23. The summed E-state index contributed by atoms with van der Waals surface area (Å²) < 4.78 is 25.4. The minimum atomic E-state index is -3.64. The molecular weight excluding hydrogens is 350 g/mol. The molecule has 1 aliphatic rings. The monoisotopic (exact) mass is 369 g/mol. The van der Waals surface area contributed by atoms with Crippen molar-refractivity contribution in [1.29, 1.82) is 0 Å². The van der Waals surface area contributed by atoms with Crippen LogP contribution in [-0.4, -0.2) is 41.0 Å². The van der Waals surface area contributed by atoms with Crippen molar-refractivity contribution in [2.75, 3.05) is 5.75 Å². The standard InChI is InChI=1S/C15H19N3O4S2/c1-10-5-7-13(8-6-10)24(21,22)9-15(4)18(12(3)20)17-14(23-15)16-11(2)19/h5-8H,9H2,1-4H3,(H,16,17,19)/t15-/m1/s1. The molecule has 0 aliphatic carbocycles. The number of aryl methyl sites for hydroxylation is 1. The van der Waals surface area contributed by atoms with Crippen molar-refractivity contribution in [1.82, 2.24) is 10.3 Å². The smallest absolute Gasteiger partial charge is 0.240 e. The second kappa shape index (κ2) is 6.56. The molecule has 0 aromatic heterocycles. The van der Waals surface area contributed by atoms with Crippen LogP contribution in [0.1, 0.15) is 26.3 Å². The summed E-state index contributed by atoms with van der Waals surface area (Å²) in [5.74, 6) is -1.06. The van der Waals surface area contributed by atoms with Gasteiger partial charge in [0.05, 0.1) is 10.6 Å². The van der Waals surface area contributed by atoms with Gasteiger partial charge >= 0.3 is 0 Å². The lowest BCUT2D eigenvalue weighted by Gasteiger charge is -2.30. The van der Waals surface area contributed by atoms with Crippen LogP contribution in [0.3, 0.4) is 0 Å². The average molecular weight is 369 g/mol. The maximum absolute atomic E-state index is 12.7. The van der Waals surface area contributed by atoms with Gasteiger partial charge in [0.15, 0.2) is 15.0 Å². The predicted octanol–water partition coefficient (Wildman–Crippen LogP) is 1.49. The molecule has 1 atom stereocenters. The highest BCUT2D eigenvalue weighted by Crippen LogP contribution is 2.38. The van der Waals surface area contributed by atoms with Gasteiger partial charge in [-0.25, -0.2) is 13.4 Å². The fraction of sp³-hybridized carbons (Fsp3) is 0.400. The highest BCUT2D eigenvalue weighted by molar-refractivity contribution is 8.15. The van der Waals surface area contributed by atoms with Crippen LogP contribution in [0.25, 0.3) is 0 Å². The first-order valence-corrected chi connectivity index (χ1v) is 9.66. The summed E-state index contributed by atoms with van der Waals surface area (Å²) in [6.07, 6.45) is 0. The Morgan fingerprint density at radius 2 is 1.83 bits per heavy atom. The Kier molecular flexibility index (Phi) is 5.05. The Bertz CT molecular complexity index is 803. The van der Waals surface area contributed by atoms with Crippen LogP contribution in [0.2, 0.25) is 0 Å². The Labute approximate surface area is 145 Å². The summed E-state index contributed by atoms with van der Waals surface area (Å²) in [5.41, 5.74) is 0.956. The number of nitrogens with one attached hydrogen (secondary N) is 1. The van der Waals surface area contributed by atoms with Crippen LogP contribution >= 0.6 is 11.8 Å². The minimum absolute atomic E-state index is 0.186. The van der Waals surface area contributed by atoms with Gasteiger partial charge in [-0.1, -0.05) is 29.5 Å². The largest absolute Gasteiger partial charge is 0.304 e. The molecule has 7 nitrogen and oxygen atoms in total. The first-order chi connectivity index (χ1) is 11.0. The summed E-state index contributed by atoms with van der Waals surface area (Å²) >= 11 is 1.05. The second-order valence-electron chi connectivity index (χ2n) is 5.77. The molecule has 9 heteroatoms. The van der Waals surface area contributed by atoms with E-state index >= 15 is 0 Å². The lowest BCUT2D eigenvalue weighted by atomic mass is 10.2. The first-order valence-electron chi connectivity index (χ1n) is 7.19. The zero-order valence-corrected chi connectivity index (χ0v) is 15.5. The van der Waals surface area contributed by atoms with E-state index in [1.54, 1.807) is 31.2 Å². The van der Waals surface area contributed by atoms with E-state index in [-0.39, 0.29) is 21.7 Å². The number of benzene rings is 1. The van der Waals surface area contributed by atoms with Crippen LogP contribution in [0.4, 0.5) is 0 Å². The van der Waals surface area contributed by atoms with E-state index in [9.17, 15) is 18.0 Å². The van der Waals surface area contributed by atoms with E-state index in [0.29, 0.717) is 0 Å². The number of nitrogens with zero attached hydrogens (tertiary/aromatic N) is 2. The maximum Gasteiger partial charge on any atom is 0.240 e. The molecular formula is C15H19N3O4S2. The fourth-order valence-electron chi connectivity index (χ4n) is 2.35. The summed E-state index contributed by atoms with van der Waals surface area (Å²) in [7, 11) is -3.64. The molecule has 1 aromatic rings. The van der Waals surface area contributed by atoms with Crippen molar-refractivity contribution >= 4 is 38.6 Å². The Hall–Kier alpha value is -1.87. The molecule has 0 fully saturated rings. The molecule has 0 radical (unpaired) electrons. The van der Waals surface area contributed by atoms with Crippen molar-refractivity contribution < 1.29 is 18.0 Å². The highest BCUT2D eigenvalue weighted by atomic mass is 32.2. The van der Waals surface area contributed by atoms with E-state index in [4.69, 9.17) is 0 Å². The van der Waals surface area contributed by atoms with Crippen molar-refractivity contribution in [3.8, 4) is 0 Å². The summed E-state index contributed by atoms with van der Waals surface area (Å²) in [6.45, 7) is 6.11. The molecule has 130 valence electrons. The Morgan fingerprint density at radius 1 is 1.25 bits per heavy atom. The number of rotatable bonds is 3. The van der Waals surface area contributed by atoms with Gasteiger partial charge in [-0.05, 0) is 26.0 Å². The number of hydrogen-bond donors (Lipinski definition) is 1. The summed E-state index contributed by atoms with van der Waals surface area (Å²) in [6, 6.07) is 6.53. The number of amidine groups is 1. The fourth-order valence-corrected chi connectivity index (χ4v) is 5.58. The van der Waals surface area contributed by atoms with Gasteiger partial charge in [0.25, 0.3) is 0 Å². The number of carbonyl (C=O) groups is 2. The van der Waals surface area contributed by atoms with Crippen LogP contribution < -0.4 is 5.32 Å². The van der Waals surface area contributed by atoms with Gasteiger partial charge < -0.3 is 5.32 Å². The van der Waals surface area contributed by atoms with Crippen LogP contribution in [-0.2, 0) is 19.4 Å². The number of sulfone groups is 1. The predicted molar refractivity (Wildman–Crippen MR) is 93.0 cm³/mol. The number of amides is 2. The molecule has 1 aromatic carbocycles. The quantitative estimate of drug-likeness (QED) is 0.871. The molecule has 0 bridgehead atoms. The third-order valence-corrected chi connectivity index (χ3v) is 6.62. The summed E-state index contributed by atoms with van der Waals surface area (Å²) in [4.78, 5) is 22.1. The van der Waals surface area contributed by atoms with Crippen LogP contribution in [0.5, 0.6) is 0 Å². The molecule has 1 aliphatic heterocycles. The lowest BCUT2D eigenvalue weighted by molar-refractivity contribution is -0.131. The van der Waals surface area contributed by atoms with Crippen LogP contribution in [0, 0.1) is 6.92 Å². The van der Waals surface area contributed by atoms with Crippen LogP contribution in [0.15, 0.2) is 34.3 Å². The SMILES string of the molecule is CC(=O)NC1=NN(C(C)=O)[C@@](C)(CS(=O)(=O)c2ccc(C)cc2)S1. The van der Waals surface area contributed by atoms with Crippen molar-refractivity contribution in [3.63, 3.8) is 0 Å². The molecule has 2 amide bonds. The van der Waals surface area contributed by atoms with Gasteiger partial charge in [0, 0.05) is 13.8 Å². The molecule has 24 heavy (non-hydrogen) atoms. The maximum atomic E-state index is 12.7. The third kappa shape index (κ3) is 3.96. The molecule has 1 heterocycles. The van der Waals surface area contributed by atoms with Gasteiger partial charge in [-0.15, -0.1) is 5.10 Å². The van der Waals surface area contributed by atoms with E-state index in [2.05, 4.69) is 10.4 Å². The van der Waals surface area contributed by atoms with E-state index in [0.717, 1.165) is 22.3 Å². The highest BCUT2D eigenvalue weighted by Gasteiger charge is 2.45. The third-order valence-electron chi connectivity index (χ3n) is 3.37. The van der Waals surface area contributed by atoms with Crippen molar-refractivity contribution in [3.05, 3.63) is 29.8 Å². The molecule has 0 spiro atoms. The molecule has 0 unspecified atom stereocenters. The molecule has 1 N–H and O–H groups in total. The van der Waals surface area contributed by atoms with E-state index in [1.165, 1.54) is 13.8 Å². The number of carbonyl (C=O) groups excluding carboxylic acids is 2. The summed E-state index contributed by atoms with van der Waals surface area (Å²) in [5, 5.41) is 7.85. The lowest BCUT2D eigenvalue weighted by Crippen LogP contribution is -2.45.